The van der Waals surface area contributed by atoms with Gasteiger partial charge in [-0.15, -0.1) is 0 Å². The molecule has 1 unspecified atom stereocenters. The molecular weight excluding hydrogens is 545 g/mol. The number of hydrogen-bond donors (Lipinski definition) is 1. The highest BCUT2D eigenvalue weighted by Crippen LogP contribution is 2.22. The van der Waals surface area contributed by atoms with Crippen molar-refractivity contribution in [3.05, 3.63) is 101 Å². The van der Waals surface area contributed by atoms with Crippen molar-refractivity contribution in [3.8, 4) is 0 Å². The van der Waals surface area contributed by atoms with E-state index in [4.69, 9.17) is 0 Å². The highest BCUT2D eigenvalue weighted by atomic mass is 32.2. The van der Waals surface area contributed by atoms with Crippen LogP contribution in [0.3, 0.4) is 0 Å². The molecule has 1 atom stereocenters. The lowest BCUT2D eigenvalue weighted by Crippen LogP contribution is -2.53. The van der Waals surface area contributed by atoms with Gasteiger partial charge >= 0.3 is 0 Å². The van der Waals surface area contributed by atoms with Gasteiger partial charge in [-0.3, -0.25) is 18.7 Å². The van der Waals surface area contributed by atoms with E-state index in [-0.39, 0.29) is 35.6 Å². The number of nitrogens with zero attached hydrogens (tertiary/aromatic N) is 2. The summed E-state index contributed by atoms with van der Waals surface area (Å²) in [5.41, 5.74) is 1.38. The second-order valence-corrected chi connectivity index (χ2v) is 11.7. The molecule has 0 aliphatic carbocycles. The van der Waals surface area contributed by atoms with Gasteiger partial charge in [0.25, 0.3) is 0 Å². The highest BCUT2D eigenvalue weighted by Gasteiger charge is 2.33. The van der Waals surface area contributed by atoms with E-state index in [2.05, 4.69) is 5.32 Å². The normalized spacial score (nSPS) is 11.9. The van der Waals surface area contributed by atoms with E-state index in [1.807, 2.05) is 37.3 Å². The van der Waals surface area contributed by atoms with Gasteiger partial charge in [-0.2, -0.15) is 0 Å². The zero-order valence-corrected chi connectivity index (χ0v) is 24.4. The molecule has 41 heavy (non-hydrogen) atoms. The minimum atomic E-state index is -3.99. The van der Waals surface area contributed by atoms with Crippen molar-refractivity contribution in [1.29, 1.82) is 0 Å². The molecule has 0 aliphatic heterocycles. The molecule has 0 fully saturated rings. The van der Waals surface area contributed by atoms with Gasteiger partial charge < -0.3 is 10.2 Å². The van der Waals surface area contributed by atoms with E-state index in [1.165, 1.54) is 48.2 Å². The van der Waals surface area contributed by atoms with Gasteiger partial charge in [-0.25, -0.2) is 12.8 Å². The number of benzene rings is 3. The van der Waals surface area contributed by atoms with Gasteiger partial charge in [-0.1, -0.05) is 74.0 Å². The number of unbranched alkanes of at least 4 members (excludes halogenated alkanes) is 1. The maximum Gasteiger partial charge on any atom is 0.244 e. The summed E-state index contributed by atoms with van der Waals surface area (Å²) in [6.07, 6.45) is 2.68. The number of amides is 2. The molecule has 0 radical (unpaired) electrons. The molecule has 0 aromatic heterocycles. The van der Waals surface area contributed by atoms with Crippen LogP contribution in [-0.2, 0) is 32.6 Å². The number of Topliss-reactive ketones (excluding diaryl/α,β-unsaturated/α-hetero) is 1. The minimum Gasteiger partial charge on any atom is -0.354 e. The van der Waals surface area contributed by atoms with E-state index < -0.39 is 40.2 Å². The SMILES string of the molecule is CCCCNC(=O)C(Cc1ccccc1)N(Cc1ccccc1F)C(=O)CN(c1cccc(C(C)=O)c1)S(C)(=O)=O. The van der Waals surface area contributed by atoms with Crippen LogP contribution in [-0.4, -0.2) is 56.3 Å². The summed E-state index contributed by atoms with van der Waals surface area (Å²) in [5.74, 6) is -1.93. The molecule has 2 amide bonds. The summed E-state index contributed by atoms with van der Waals surface area (Å²) in [7, 11) is -3.99. The number of rotatable bonds is 14. The van der Waals surface area contributed by atoms with Gasteiger partial charge in [0.15, 0.2) is 5.78 Å². The Hall–Kier alpha value is -4.05. The molecule has 0 aliphatic rings. The molecule has 0 saturated heterocycles. The van der Waals surface area contributed by atoms with Crippen LogP contribution in [0.15, 0.2) is 78.9 Å². The lowest BCUT2D eigenvalue weighted by atomic mass is 10.0. The smallest absolute Gasteiger partial charge is 0.244 e. The third kappa shape index (κ3) is 8.97. The van der Waals surface area contributed by atoms with Crippen molar-refractivity contribution in [3.63, 3.8) is 0 Å². The van der Waals surface area contributed by atoms with E-state index in [1.54, 1.807) is 12.1 Å². The summed E-state index contributed by atoms with van der Waals surface area (Å²) in [6, 6.07) is 20.0. The minimum absolute atomic E-state index is 0.131. The Balaban J connectivity index is 2.06. The number of anilines is 1. The number of hydrogen-bond acceptors (Lipinski definition) is 5. The fourth-order valence-electron chi connectivity index (χ4n) is 4.36. The molecular formula is C31H36FN3O5S. The van der Waals surface area contributed by atoms with E-state index in [0.29, 0.717) is 6.54 Å². The highest BCUT2D eigenvalue weighted by molar-refractivity contribution is 7.92. The zero-order chi connectivity index (χ0) is 30.0. The largest absolute Gasteiger partial charge is 0.354 e. The third-order valence-electron chi connectivity index (χ3n) is 6.62. The van der Waals surface area contributed by atoms with Crippen molar-refractivity contribution in [2.45, 2.75) is 45.7 Å². The van der Waals surface area contributed by atoms with Crippen LogP contribution in [0.2, 0.25) is 0 Å². The monoisotopic (exact) mass is 581 g/mol. The van der Waals surface area contributed by atoms with Crippen LogP contribution in [0, 0.1) is 5.82 Å². The first-order valence-corrected chi connectivity index (χ1v) is 15.3. The van der Waals surface area contributed by atoms with Crippen LogP contribution in [0.1, 0.15) is 48.2 Å². The van der Waals surface area contributed by atoms with Crippen molar-refractivity contribution < 1.29 is 27.2 Å². The predicted molar refractivity (Wildman–Crippen MR) is 157 cm³/mol. The first kappa shape index (κ1) is 31.5. The van der Waals surface area contributed by atoms with Crippen molar-refractivity contribution in [2.24, 2.45) is 0 Å². The van der Waals surface area contributed by atoms with Crippen LogP contribution in [0.4, 0.5) is 10.1 Å². The molecule has 3 rings (SSSR count). The average molecular weight is 582 g/mol. The summed E-state index contributed by atoms with van der Waals surface area (Å²) in [6.45, 7) is 2.84. The molecule has 8 nitrogen and oxygen atoms in total. The maximum atomic E-state index is 14.8. The Morgan fingerprint density at radius 1 is 0.951 bits per heavy atom. The summed E-state index contributed by atoms with van der Waals surface area (Å²) < 4.78 is 41.5. The fourth-order valence-corrected chi connectivity index (χ4v) is 5.21. The molecule has 10 heteroatoms. The quantitative estimate of drug-likeness (QED) is 0.225. The Morgan fingerprint density at radius 3 is 2.27 bits per heavy atom. The fraction of sp³-hybridized carbons (Fsp3) is 0.323. The van der Waals surface area contributed by atoms with Crippen molar-refractivity contribution >= 4 is 33.3 Å². The number of carbonyl (C=O) groups excluding carboxylic acids is 3. The van der Waals surface area contributed by atoms with Crippen LogP contribution >= 0.6 is 0 Å². The number of carbonyl (C=O) groups is 3. The summed E-state index contributed by atoms with van der Waals surface area (Å²) in [4.78, 5) is 40.8. The Labute approximate surface area is 241 Å². The number of ketones is 1. The second-order valence-electron chi connectivity index (χ2n) is 9.84. The standard InChI is InChI=1S/C31H36FN3O5S/c1-4-5-18-33-31(38)29(19-24-12-7-6-8-13-24)34(21-26-14-9-10-17-28(26)32)30(37)22-35(41(3,39)40)27-16-11-15-25(20-27)23(2)36/h6-17,20,29H,4-5,18-19,21-22H2,1-3H3,(H,33,38). The zero-order valence-electron chi connectivity index (χ0n) is 23.5. The van der Waals surface area contributed by atoms with Gasteiger partial charge in [-0.05, 0) is 37.1 Å². The van der Waals surface area contributed by atoms with E-state index in [0.717, 1.165) is 29.0 Å². The van der Waals surface area contributed by atoms with E-state index >= 15 is 0 Å². The Kier molecular flexibility index (Phi) is 11.2. The molecule has 218 valence electrons. The maximum absolute atomic E-state index is 14.8. The average Bonchev–Trinajstić information content (AvgIpc) is 2.94. The van der Waals surface area contributed by atoms with Gasteiger partial charge in [0.1, 0.15) is 18.4 Å². The topological polar surface area (TPSA) is 104 Å². The molecule has 0 bridgehead atoms. The van der Waals surface area contributed by atoms with Crippen LogP contribution < -0.4 is 9.62 Å². The van der Waals surface area contributed by atoms with Crippen molar-refractivity contribution in [2.75, 3.05) is 23.7 Å². The first-order valence-electron chi connectivity index (χ1n) is 13.4. The van der Waals surface area contributed by atoms with Gasteiger partial charge in [0.2, 0.25) is 21.8 Å². The Morgan fingerprint density at radius 2 is 1.63 bits per heavy atom. The predicted octanol–water partition coefficient (Wildman–Crippen LogP) is 4.35. The molecule has 1 N–H and O–H groups in total. The lowest BCUT2D eigenvalue weighted by molar-refractivity contribution is -0.140. The third-order valence-corrected chi connectivity index (χ3v) is 7.76. The van der Waals surface area contributed by atoms with E-state index in [9.17, 15) is 27.2 Å². The summed E-state index contributed by atoms with van der Waals surface area (Å²) in [5, 5.41) is 2.88. The van der Waals surface area contributed by atoms with Crippen molar-refractivity contribution in [1.82, 2.24) is 10.2 Å². The van der Waals surface area contributed by atoms with Crippen LogP contribution in [0.5, 0.6) is 0 Å². The molecule has 0 saturated carbocycles. The molecule has 0 spiro atoms. The Bertz CT molecular complexity index is 1460. The summed E-state index contributed by atoms with van der Waals surface area (Å²) >= 11 is 0. The molecule has 0 heterocycles. The number of sulfonamides is 1. The molecule has 3 aromatic rings. The number of halogens is 1. The van der Waals surface area contributed by atoms with Gasteiger partial charge in [0, 0.05) is 30.6 Å². The number of nitrogens with one attached hydrogen (secondary N) is 1. The molecule has 3 aromatic carbocycles. The van der Waals surface area contributed by atoms with Gasteiger partial charge in [0.05, 0.1) is 11.9 Å². The van der Waals surface area contributed by atoms with Crippen LogP contribution in [0.25, 0.3) is 0 Å². The lowest BCUT2D eigenvalue weighted by Gasteiger charge is -2.33. The second kappa shape index (κ2) is 14.5. The first-order chi connectivity index (χ1) is 19.5.